The Balaban J connectivity index is 1.87. The number of allylic oxidation sites excluding steroid dienone is 1. The third kappa shape index (κ3) is 2.61. The molecule has 1 fully saturated rings. The fraction of sp³-hybridized carbons (Fsp3) is 0.400. The van der Waals surface area contributed by atoms with E-state index in [2.05, 4.69) is 0 Å². The molecule has 1 unspecified atom stereocenters. The van der Waals surface area contributed by atoms with Crippen molar-refractivity contribution in [1.29, 1.82) is 0 Å². The molecule has 0 spiro atoms. The number of amides is 1. The number of rotatable bonds is 3. The highest BCUT2D eigenvalue weighted by molar-refractivity contribution is 7.93. The predicted octanol–water partition coefficient (Wildman–Crippen LogP) is 1.11. The summed E-state index contributed by atoms with van der Waals surface area (Å²) in [4.78, 5) is 11.6. The molecule has 2 aliphatic rings. The number of aryl methyl sites for hydroxylation is 1. The third-order valence-electron chi connectivity index (χ3n) is 4.24. The summed E-state index contributed by atoms with van der Waals surface area (Å²) in [6.45, 7) is 0.575. The minimum Gasteiger partial charge on any atom is -0.369 e. The van der Waals surface area contributed by atoms with E-state index in [1.807, 2.05) is 24.3 Å². The molecular weight excluding hydrogens is 288 g/mol. The molecule has 6 heteroatoms. The number of nitrogens with two attached hydrogens (primary N) is 1. The molecule has 1 atom stereocenters. The standard InChI is InChI=1S/C15H18N2O3S/c16-15(18)13-7-8-17(10-13)21(19,20)14-6-5-11-3-1-2-4-12(11)9-14/h1-4,9,13H,5-8,10H2,(H2,16,18). The van der Waals surface area contributed by atoms with Crippen molar-refractivity contribution in [2.75, 3.05) is 13.1 Å². The van der Waals surface area contributed by atoms with Crippen LogP contribution in [0.1, 0.15) is 24.0 Å². The van der Waals surface area contributed by atoms with E-state index in [1.165, 1.54) is 9.87 Å². The SMILES string of the molecule is NC(=O)C1CCN(S(=O)(=O)C2=Cc3ccccc3CC2)C1. The Kier molecular flexibility index (Phi) is 3.59. The van der Waals surface area contributed by atoms with Crippen LogP contribution < -0.4 is 5.73 Å². The maximum atomic E-state index is 12.7. The van der Waals surface area contributed by atoms with Gasteiger partial charge in [-0.2, -0.15) is 4.31 Å². The first-order valence-electron chi connectivity index (χ1n) is 7.06. The molecule has 0 aromatic heterocycles. The number of hydrogen-bond donors (Lipinski definition) is 1. The number of nitrogens with zero attached hydrogens (tertiary/aromatic N) is 1. The maximum absolute atomic E-state index is 12.7. The molecule has 3 rings (SSSR count). The summed E-state index contributed by atoms with van der Waals surface area (Å²) in [5, 5.41) is 0. The Morgan fingerprint density at radius 3 is 2.71 bits per heavy atom. The van der Waals surface area contributed by atoms with Crippen molar-refractivity contribution in [2.24, 2.45) is 11.7 Å². The zero-order valence-electron chi connectivity index (χ0n) is 11.7. The summed E-state index contributed by atoms with van der Waals surface area (Å²) in [5.74, 6) is -0.785. The van der Waals surface area contributed by atoms with E-state index in [0.29, 0.717) is 24.3 Å². The van der Waals surface area contributed by atoms with Crippen LogP contribution in [0.5, 0.6) is 0 Å². The van der Waals surface area contributed by atoms with Crippen molar-refractivity contribution in [3.05, 3.63) is 40.3 Å². The van der Waals surface area contributed by atoms with E-state index >= 15 is 0 Å². The summed E-state index contributed by atoms with van der Waals surface area (Å²) in [6.07, 6.45) is 3.51. The van der Waals surface area contributed by atoms with Crippen LogP contribution in [0.2, 0.25) is 0 Å². The van der Waals surface area contributed by atoms with Gasteiger partial charge in [-0.3, -0.25) is 4.79 Å². The summed E-state index contributed by atoms with van der Waals surface area (Å²) in [5.41, 5.74) is 7.41. The lowest BCUT2D eigenvalue weighted by Gasteiger charge is -2.22. The van der Waals surface area contributed by atoms with Gasteiger partial charge < -0.3 is 5.73 Å². The van der Waals surface area contributed by atoms with Gasteiger partial charge in [0.25, 0.3) is 0 Å². The lowest BCUT2D eigenvalue weighted by Crippen LogP contribution is -2.33. The summed E-state index contributed by atoms with van der Waals surface area (Å²) in [7, 11) is -3.48. The van der Waals surface area contributed by atoms with E-state index in [4.69, 9.17) is 5.73 Å². The molecule has 1 saturated heterocycles. The average molecular weight is 306 g/mol. The number of primary amides is 1. The highest BCUT2D eigenvalue weighted by Crippen LogP contribution is 2.31. The monoisotopic (exact) mass is 306 g/mol. The molecule has 0 radical (unpaired) electrons. The zero-order chi connectivity index (χ0) is 15.0. The van der Waals surface area contributed by atoms with Crippen LogP contribution in [-0.4, -0.2) is 31.7 Å². The van der Waals surface area contributed by atoms with Crippen molar-refractivity contribution in [1.82, 2.24) is 4.31 Å². The number of hydrogen-bond acceptors (Lipinski definition) is 3. The lowest BCUT2D eigenvalue weighted by atomic mass is 9.98. The Morgan fingerprint density at radius 1 is 1.24 bits per heavy atom. The molecule has 1 aliphatic heterocycles. The molecular formula is C15H18N2O3S. The molecule has 0 saturated carbocycles. The van der Waals surface area contributed by atoms with Crippen LogP contribution in [0.3, 0.4) is 0 Å². The Labute approximate surface area is 124 Å². The van der Waals surface area contributed by atoms with Crippen LogP contribution in [0.25, 0.3) is 6.08 Å². The Morgan fingerprint density at radius 2 is 2.00 bits per heavy atom. The zero-order valence-corrected chi connectivity index (χ0v) is 12.5. The number of carbonyl (C=O) groups excluding carboxylic acids is 1. The van der Waals surface area contributed by atoms with Gasteiger partial charge in [0, 0.05) is 13.1 Å². The van der Waals surface area contributed by atoms with Crippen molar-refractivity contribution < 1.29 is 13.2 Å². The van der Waals surface area contributed by atoms with Gasteiger partial charge in [-0.15, -0.1) is 0 Å². The van der Waals surface area contributed by atoms with Crippen LogP contribution in [-0.2, 0) is 21.2 Å². The molecule has 1 amide bonds. The molecule has 5 nitrogen and oxygen atoms in total. The predicted molar refractivity (Wildman–Crippen MR) is 80.5 cm³/mol. The summed E-state index contributed by atoms with van der Waals surface area (Å²) < 4.78 is 26.7. The second-order valence-corrected chi connectivity index (χ2v) is 7.55. The number of benzene rings is 1. The second-order valence-electron chi connectivity index (χ2n) is 5.56. The topological polar surface area (TPSA) is 80.5 Å². The molecule has 1 aliphatic carbocycles. The molecule has 21 heavy (non-hydrogen) atoms. The highest BCUT2D eigenvalue weighted by Gasteiger charge is 2.36. The van der Waals surface area contributed by atoms with Crippen molar-refractivity contribution in [3.8, 4) is 0 Å². The van der Waals surface area contributed by atoms with Crippen LogP contribution >= 0.6 is 0 Å². The first kappa shape index (κ1) is 14.3. The van der Waals surface area contributed by atoms with Crippen LogP contribution in [0.4, 0.5) is 0 Å². The molecule has 112 valence electrons. The van der Waals surface area contributed by atoms with Gasteiger partial charge in [0.15, 0.2) is 0 Å². The smallest absolute Gasteiger partial charge is 0.239 e. The Hall–Kier alpha value is -1.66. The van der Waals surface area contributed by atoms with E-state index in [1.54, 1.807) is 6.08 Å². The first-order chi connectivity index (χ1) is 9.98. The molecule has 2 N–H and O–H groups in total. The molecule has 0 bridgehead atoms. The molecule has 1 aromatic carbocycles. The quantitative estimate of drug-likeness (QED) is 0.908. The lowest BCUT2D eigenvalue weighted by molar-refractivity contribution is -0.121. The van der Waals surface area contributed by atoms with Crippen LogP contribution in [0.15, 0.2) is 29.2 Å². The number of sulfonamides is 1. The minimum atomic E-state index is -3.48. The fourth-order valence-corrected chi connectivity index (χ4v) is 4.64. The van der Waals surface area contributed by atoms with E-state index in [9.17, 15) is 13.2 Å². The number of fused-ring (bicyclic) bond motifs is 1. The molecule has 1 aromatic rings. The fourth-order valence-electron chi connectivity index (χ4n) is 2.95. The Bertz CT molecular complexity index is 709. The van der Waals surface area contributed by atoms with Gasteiger partial charge in [0.1, 0.15) is 0 Å². The van der Waals surface area contributed by atoms with E-state index < -0.39 is 15.9 Å². The second kappa shape index (κ2) is 5.27. The van der Waals surface area contributed by atoms with E-state index in [-0.39, 0.29) is 12.5 Å². The third-order valence-corrected chi connectivity index (χ3v) is 6.23. The summed E-state index contributed by atoms with van der Waals surface area (Å²) >= 11 is 0. The minimum absolute atomic E-state index is 0.205. The van der Waals surface area contributed by atoms with Crippen molar-refractivity contribution in [2.45, 2.75) is 19.3 Å². The van der Waals surface area contributed by atoms with Gasteiger partial charge in [-0.05, 0) is 36.5 Å². The normalized spacial score (nSPS) is 22.7. The van der Waals surface area contributed by atoms with Gasteiger partial charge in [-0.25, -0.2) is 8.42 Å². The van der Waals surface area contributed by atoms with E-state index in [0.717, 1.165) is 12.0 Å². The summed E-state index contributed by atoms with van der Waals surface area (Å²) in [6, 6.07) is 7.82. The van der Waals surface area contributed by atoms with Crippen molar-refractivity contribution in [3.63, 3.8) is 0 Å². The van der Waals surface area contributed by atoms with Crippen LogP contribution in [0, 0.1) is 5.92 Å². The first-order valence-corrected chi connectivity index (χ1v) is 8.50. The van der Waals surface area contributed by atoms with Gasteiger partial charge in [0.05, 0.1) is 10.8 Å². The molecule has 1 heterocycles. The number of carbonyl (C=O) groups is 1. The van der Waals surface area contributed by atoms with Gasteiger partial charge >= 0.3 is 0 Å². The average Bonchev–Trinajstić information content (AvgIpc) is 2.97. The van der Waals surface area contributed by atoms with Gasteiger partial charge in [-0.1, -0.05) is 24.3 Å². The maximum Gasteiger partial charge on any atom is 0.239 e. The highest BCUT2D eigenvalue weighted by atomic mass is 32.2. The largest absolute Gasteiger partial charge is 0.369 e. The van der Waals surface area contributed by atoms with Crippen molar-refractivity contribution >= 4 is 22.0 Å². The van der Waals surface area contributed by atoms with Gasteiger partial charge in [0.2, 0.25) is 15.9 Å².